The molecule has 1 aromatic heterocycles. The fraction of sp³-hybridized carbons (Fsp3) is 0.593. The molecule has 2 saturated heterocycles. The molecule has 0 spiro atoms. The van der Waals surface area contributed by atoms with Gasteiger partial charge < -0.3 is 10.2 Å². The summed E-state index contributed by atoms with van der Waals surface area (Å²) in [6.45, 7) is 8.30. The number of likely N-dealkylation sites (tertiary alicyclic amines) is 1. The standard InChI is InChI=1S/C27H36Cl2F3N5/c1-2-23-19-36(26-25(29)16-22(17-34-26)33-11-3-10-27(30,31)32)14-15-37(23)24-8-12-35(13-9-24)18-20-4-6-21(28)7-5-20/h4-7,16-17,23-24,33H,2-3,8-15,18-19H2,1H3/t23-/m0/s1. The smallest absolute Gasteiger partial charge is 0.384 e. The number of pyridine rings is 1. The van der Waals surface area contributed by atoms with Crippen molar-refractivity contribution in [2.45, 2.75) is 63.8 Å². The molecular formula is C27H36Cl2F3N5. The number of alkyl halides is 3. The van der Waals surface area contributed by atoms with E-state index in [0.717, 1.165) is 69.4 Å². The van der Waals surface area contributed by atoms with E-state index < -0.39 is 12.6 Å². The number of rotatable bonds is 9. The van der Waals surface area contributed by atoms with Crippen LogP contribution < -0.4 is 10.2 Å². The Morgan fingerprint density at radius 1 is 1.05 bits per heavy atom. The fourth-order valence-corrected chi connectivity index (χ4v) is 5.86. The van der Waals surface area contributed by atoms with E-state index in [-0.39, 0.29) is 13.0 Å². The van der Waals surface area contributed by atoms with Crippen LogP contribution in [0, 0.1) is 0 Å². The molecule has 2 aliphatic rings. The Bertz CT molecular complexity index is 997. The number of piperazine rings is 1. The summed E-state index contributed by atoms with van der Waals surface area (Å²) in [6.07, 6.45) is 0.131. The van der Waals surface area contributed by atoms with Crippen LogP contribution in [0.1, 0.15) is 44.6 Å². The molecule has 0 bridgehead atoms. The molecule has 1 aromatic carbocycles. The molecule has 0 amide bonds. The van der Waals surface area contributed by atoms with Crippen LogP contribution in [0.4, 0.5) is 24.7 Å². The SMILES string of the molecule is CC[C@H]1CN(c2ncc(NCCCC(F)(F)F)cc2Cl)CCN1C1CCN(Cc2ccc(Cl)cc2)CC1. The van der Waals surface area contributed by atoms with Gasteiger partial charge in [0.1, 0.15) is 5.82 Å². The van der Waals surface area contributed by atoms with Crippen LogP contribution in [0.15, 0.2) is 36.5 Å². The van der Waals surface area contributed by atoms with Crippen molar-refractivity contribution in [2.75, 3.05) is 49.5 Å². The molecule has 4 rings (SSSR count). The van der Waals surface area contributed by atoms with Gasteiger partial charge in [-0.25, -0.2) is 4.98 Å². The van der Waals surface area contributed by atoms with Gasteiger partial charge in [0.05, 0.1) is 16.9 Å². The average Bonchev–Trinajstić information content (AvgIpc) is 2.88. The molecule has 2 aromatic rings. The Hall–Kier alpha value is -1.74. The van der Waals surface area contributed by atoms with Crippen LogP contribution in [-0.4, -0.2) is 72.3 Å². The van der Waals surface area contributed by atoms with E-state index in [2.05, 4.69) is 44.1 Å². The van der Waals surface area contributed by atoms with Crippen molar-refractivity contribution in [1.29, 1.82) is 0 Å². The molecule has 1 N–H and O–H groups in total. The topological polar surface area (TPSA) is 34.6 Å². The number of nitrogens with zero attached hydrogens (tertiary/aromatic N) is 4. The van der Waals surface area contributed by atoms with Crippen molar-refractivity contribution in [3.05, 3.63) is 52.1 Å². The zero-order chi connectivity index (χ0) is 26.4. The highest BCUT2D eigenvalue weighted by Gasteiger charge is 2.34. The van der Waals surface area contributed by atoms with Crippen LogP contribution in [-0.2, 0) is 6.54 Å². The van der Waals surface area contributed by atoms with Crippen LogP contribution in [0.25, 0.3) is 0 Å². The number of benzene rings is 1. The average molecular weight is 559 g/mol. The van der Waals surface area contributed by atoms with Gasteiger partial charge in [-0.15, -0.1) is 0 Å². The molecule has 1 atom stereocenters. The second-order valence-electron chi connectivity index (χ2n) is 10.1. The molecule has 2 fully saturated rings. The van der Waals surface area contributed by atoms with Crippen molar-refractivity contribution < 1.29 is 13.2 Å². The van der Waals surface area contributed by atoms with Gasteiger partial charge in [-0.05, 0) is 62.5 Å². The minimum atomic E-state index is -4.13. The van der Waals surface area contributed by atoms with Crippen LogP contribution >= 0.6 is 23.2 Å². The quantitative estimate of drug-likeness (QED) is 0.346. The molecule has 0 unspecified atom stereocenters. The lowest BCUT2D eigenvalue weighted by Crippen LogP contribution is -2.58. The normalized spacial score (nSPS) is 20.4. The molecule has 204 valence electrons. The first-order valence-electron chi connectivity index (χ1n) is 13.2. The number of hydrogen-bond acceptors (Lipinski definition) is 5. The van der Waals surface area contributed by atoms with Gasteiger partial charge in [0.25, 0.3) is 0 Å². The monoisotopic (exact) mass is 557 g/mol. The highest BCUT2D eigenvalue weighted by atomic mass is 35.5. The Morgan fingerprint density at radius 2 is 1.78 bits per heavy atom. The summed E-state index contributed by atoms with van der Waals surface area (Å²) in [5.74, 6) is 0.749. The Kier molecular flexibility index (Phi) is 9.84. The summed E-state index contributed by atoms with van der Waals surface area (Å²) >= 11 is 12.6. The number of anilines is 2. The highest BCUT2D eigenvalue weighted by Crippen LogP contribution is 2.31. The molecule has 5 nitrogen and oxygen atoms in total. The molecule has 0 radical (unpaired) electrons. The number of piperidine rings is 1. The second kappa shape index (κ2) is 12.9. The van der Waals surface area contributed by atoms with Gasteiger partial charge in [-0.3, -0.25) is 9.80 Å². The minimum absolute atomic E-state index is 0.0169. The Morgan fingerprint density at radius 3 is 2.43 bits per heavy atom. The van der Waals surface area contributed by atoms with Gasteiger partial charge in [-0.1, -0.05) is 42.3 Å². The second-order valence-corrected chi connectivity index (χ2v) is 10.9. The summed E-state index contributed by atoms with van der Waals surface area (Å²) in [5.41, 5.74) is 1.95. The van der Waals surface area contributed by atoms with E-state index in [1.165, 1.54) is 5.56 Å². The first-order chi connectivity index (χ1) is 17.7. The maximum atomic E-state index is 12.3. The van der Waals surface area contributed by atoms with Crippen LogP contribution in [0.5, 0.6) is 0 Å². The van der Waals surface area contributed by atoms with Crippen LogP contribution in [0.2, 0.25) is 10.0 Å². The van der Waals surface area contributed by atoms with Gasteiger partial charge >= 0.3 is 6.18 Å². The summed E-state index contributed by atoms with van der Waals surface area (Å²) in [7, 11) is 0. The van der Waals surface area contributed by atoms with E-state index in [1.807, 2.05) is 12.1 Å². The van der Waals surface area contributed by atoms with Crippen molar-refractivity contribution >= 4 is 34.7 Å². The number of halogens is 5. The summed E-state index contributed by atoms with van der Waals surface area (Å²) < 4.78 is 37.0. The lowest BCUT2D eigenvalue weighted by molar-refractivity contribution is -0.134. The molecule has 10 heteroatoms. The molecule has 3 heterocycles. The third kappa shape index (κ3) is 8.12. The molecular weight excluding hydrogens is 522 g/mol. The number of nitrogens with one attached hydrogen (secondary N) is 1. The largest absolute Gasteiger partial charge is 0.389 e. The van der Waals surface area contributed by atoms with Crippen molar-refractivity contribution in [2.24, 2.45) is 0 Å². The van der Waals surface area contributed by atoms with Crippen molar-refractivity contribution in [3.63, 3.8) is 0 Å². The van der Waals surface area contributed by atoms with Gasteiger partial charge in [0.2, 0.25) is 0 Å². The first kappa shape index (κ1) is 28.3. The third-order valence-corrected chi connectivity index (χ3v) is 7.96. The zero-order valence-corrected chi connectivity index (χ0v) is 22.8. The van der Waals surface area contributed by atoms with Crippen LogP contribution in [0.3, 0.4) is 0 Å². The lowest BCUT2D eigenvalue weighted by Gasteiger charge is -2.47. The summed E-state index contributed by atoms with van der Waals surface area (Å²) in [5, 5.41) is 4.30. The maximum absolute atomic E-state index is 12.3. The van der Waals surface area contributed by atoms with Gasteiger partial charge in [-0.2, -0.15) is 13.2 Å². The fourth-order valence-electron chi connectivity index (χ4n) is 5.44. The van der Waals surface area contributed by atoms with E-state index in [4.69, 9.17) is 23.2 Å². The van der Waals surface area contributed by atoms with E-state index >= 15 is 0 Å². The predicted molar refractivity (Wildman–Crippen MR) is 146 cm³/mol. The third-order valence-electron chi connectivity index (χ3n) is 7.43. The first-order valence-corrected chi connectivity index (χ1v) is 13.9. The zero-order valence-electron chi connectivity index (χ0n) is 21.3. The maximum Gasteiger partial charge on any atom is 0.389 e. The van der Waals surface area contributed by atoms with Crippen molar-refractivity contribution in [1.82, 2.24) is 14.8 Å². The van der Waals surface area contributed by atoms with Gasteiger partial charge in [0, 0.05) is 56.3 Å². The van der Waals surface area contributed by atoms with Crippen molar-refractivity contribution in [3.8, 4) is 0 Å². The molecule has 37 heavy (non-hydrogen) atoms. The Labute approximate surface area is 227 Å². The predicted octanol–water partition coefficient (Wildman–Crippen LogP) is 6.71. The van der Waals surface area contributed by atoms with E-state index in [0.29, 0.717) is 22.8 Å². The molecule has 0 aliphatic carbocycles. The number of aromatic nitrogens is 1. The highest BCUT2D eigenvalue weighted by molar-refractivity contribution is 6.33. The lowest BCUT2D eigenvalue weighted by atomic mass is 9.98. The van der Waals surface area contributed by atoms with E-state index in [1.54, 1.807) is 12.3 Å². The summed E-state index contributed by atoms with van der Waals surface area (Å²) in [4.78, 5) is 12.0. The Balaban J connectivity index is 1.27. The number of hydrogen-bond donors (Lipinski definition) is 1. The molecule has 0 saturated carbocycles. The van der Waals surface area contributed by atoms with E-state index in [9.17, 15) is 13.2 Å². The minimum Gasteiger partial charge on any atom is -0.384 e. The summed E-state index contributed by atoms with van der Waals surface area (Å²) in [6, 6.07) is 10.9. The van der Waals surface area contributed by atoms with Gasteiger partial charge in [0.15, 0.2) is 0 Å². The molecule has 2 aliphatic heterocycles.